The minimum atomic E-state index is -0.550. The summed E-state index contributed by atoms with van der Waals surface area (Å²) in [7, 11) is 1.64. The Morgan fingerprint density at radius 3 is 3.11 bits per heavy atom. The molecule has 18 heavy (non-hydrogen) atoms. The van der Waals surface area contributed by atoms with E-state index in [0.717, 1.165) is 24.2 Å². The fourth-order valence-corrected chi connectivity index (χ4v) is 2.24. The third-order valence-corrected chi connectivity index (χ3v) is 3.11. The van der Waals surface area contributed by atoms with E-state index in [4.69, 9.17) is 4.74 Å². The number of amides is 2. The Kier molecular flexibility index (Phi) is 4.02. The summed E-state index contributed by atoms with van der Waals surface area (Å²) < 4.78 is 17.1. The maximum Gasteiger partial charge on any atom is 0.315 e. The zero-order chi connectivity index (χ0) is 13.0. The molecule has 1 aliphatic rings. The monoisotopic (exact) mass is 252 g/mol. The van der Waals surface area contributed by atoms with E-state index in [1.807, 2.05) is 18.2 Å². The number of carbonyl (C=O) groups excluding carboxylic acids is 1. The van der Waals surface area contributed by atoms with E-state index >= 15 is 0 Å². The number of alkyl halides is 1. The smallest absolute Gasteiger partial charge is 0.315 e. The van der Waals surface area contributed by atoms with Crippen LogP contribution in [0.15, 0.2) is 18.2 Å². The van der Waals surface area contributed by atoms with Gasteiger partial charge >= 0.3 is 6.03 Å². The van der Waals surface area contributed by atoms with Gasteiger partial charge in [0.1, 0.15) is 12.4 Å². The van der Waals surface area contributed by atoms with Crippen molar-refractivity contribution in [3.8, 4) is 5.75 Å². The van der Waals surface area contributed by atoms with E-state index in [1.165, 1.54) is 5.56 Å². The van der Waals surface area contributed by atoms with Gasteiger partial charge < -0.3 is 15.4 Å². The number of urea groups is 1. The molecule has 2 amide bonds. The van der Waals surface area contributed by atoms with Crippen molar-refractivity contribution >= 4 is 6.03 Å². The molecule has 0 aliphatic heterocycles. The number of hydrogen-bond donors (Lipinski definition) is 2. The van der Waals surface area contributed by atoms with Crippen LogP contribution in [-0.4, -0.2) is 26.4 Å². The summed E-state index contributed by atoms with van der Waals surface area (Å²) in [4.78, 5) is 11.5. The summed E-state index contributed by atoms with van der Waals surface area (Å²) in [6, 6.07) is 5.54. The lowest BCUT2D eigenvalue weighted by Crippen LogP contribution is -2.38. The molecule has 1 aliphatic carbocycles. The zero-order valence-electron chi connectivity index (χ0n) is 10.3. The average molecular weight is 252 g/mol. The van der Waals surface area contributed by atoms with Crippen LogP contribution in [0, 0.1) is 0 Å². The summed E-state index contributed by atoms with van der Waals surface area (Å²) in [6.07, 6.45) is 1.78. The van der Waals surface area contributed by atoms with Crippen molar-refractivity contribution in [1.82, 2.24) is 10.6 Å². The van der Waals surface area contributed by atoms with Gasteiger partial charge in [0.25, 0.3) is 0 Å². The van der Waals surface area contributed by atoms with Crippen molar-refractivity contribution in [2.45, 2.75) is 18.9 Å². The molecule has 0 fully saturated rings. The van der Waals surface area contributed by atoms with Crippen LogP contribution < -0.4 is 15.4 Å². The van der Waals surface area contributed by atoms with Crippen molar-refractivity contribution < 1.29 is 13.9 Å². The van der Waals surface area contributed by atoms with E-state index in [1.54, 1.807) is 7.11 Å². The number of ether oxygens (including phenoxy) is 1. The molecular formula is C13H17FN2O2. The predicted octanol–water partition coefficient (Wildman–Crippen LogP) is 1.95. The summed E-state index contributed by atoms with van der Waals surface area (Å²) >= 11 is 0. The van der Waals surface area contributed by atoms with Gasteiger partial charge in [-0.15, -0.1) is 0 Å². The Hall–Kier alpha value is -1.78. The molecule has 1 unspecified atom stereocenters. The highest BCUT2D eigenvalue weighted by atomic mass is 19.1. The first-order valence-electron chi connectivity index (χ1n) is 6.01. The summed E-state index contributed by atoms with van der Waals surface area (Å²) in [6.45, 7) is -0.500. The van der Waals surface area contributed by atoms with Crippen LogP contribution in [0.1, 0.15) is 23.6 Å². The minimum Gasteiger partial charge on any atom is -0.497 e. The Morgan fingerprint density at radius 2 is 2.39 bits per heavy atom. The topological polar surface area (TPSA) is 50.4 Å². The highest BCUT2D eigenvalue weighted by molar-refractivity contribution is 5.74. The van der Waals surface area contributed by atoms with E-state index in [2.05, 4.69) is 10.6 Å². The fraction of sp³-hybridized carbons (Fsp3) is 0.462. The van der Waals surface area contributed by atoms with Crippen molar-refractivity contribution in [1.29, 1.82) is 0 Å². The van der Waals surface area contributed by atoms with Crippen LogP contribution in [0.3, 0.4) is 0 Å². The second kappa shape index (κ2) is 5.71. The molecule has 2 N–H and O–H groups in total. The van der Waals surface area contributed by atoms with Gasteiger partial charge in [-0.3, -0.25) is 0 Å². The van der Waals surface area contributed by atoms with Gasteiger partial charge in [-0.2, -0.15) is 0 Å². The molecule has 1 aromatic rings. The molecule has 0 heterocycles. The van der Waals surface area contributed by atoms with Crippen molar-refractivity contribution in [2.75, 3.05) is 20.3 Å². The third kappa shape index (κ3) is 2.72. The predicted molar refractivity (Wildman–Crippen MR) is 66.6 cm³/mol. The van der Waals surface area contributed by atoms with Gasteiger partial charge in [0.2, 0.25) is 0 Å². The van der Waals surface area contributed by atoms with Gasteiger partial charge in [-0.25, -0.2) is 9.18 Å². The van der Waals surface area contributed by atoms with Crippen LogP contribution >= 0.6 is 0 Å². The molecule has 1 atom stereocenters. The molecule has 0 bridgehead atoms. The first kappa shape index (κ1) is 12.7. The van der Waals surface area contributed by atoms with E-state index < -0.39 is 6.67 Å². The first-order chi connectivity index (χ1) is 8.74. The number of methoxy groups -OCH3 is 1. The maximum atomic E-state index is 11.9. The Morgan fingerprint density at radius 1 is 1.56 bits per heavy atom. The summed E-state index contributed by atoms with van der Waals surface area (Å²) in [5.41, 5.74) is 2.32. The van der Waals surface area contributed by atoms with Crippen LogP contribution in [0.4, 0.5) is 9.18 Å². The lowest BCUT2D eigenvalue weighted by atomic mass is 10.1. The second-order valence-corrected chi connectivity index (χ2v) is 4.25. The molecule has 4 nitrogen and oxygen atoms in total. The lowest BCUT2D eigenvalue weighted by molar-refractivity contribution is 0.236. The highest BCUT2D eigenvalue weighted by Gasteiger charge is 2.24. The molecule has 0 saturated carbocycles. The van der Waals surface area contributed by atoms with Gasteiger partial charge in [-0.05, 0) is 36.1 Å². The van der Waals surface area contributed by atoms with E-state index in [-0.39, 0.29) is 18.6 Å². The third-order valence-electron chi connectivity index (χ3n) is 3.11. The number of fused-ring (bicyclic) bond motifs is 1. The number of nitrogens with one attached hydrogen (secondary N) is 2. The minimum absolute atomic E-state index is 0.00511. The van der Waals surface area contributed by atoms with Crippen LogP contribution in [0.25, 0.3) is 0 Å². The van der Waals surface area contributed by atoms with Gasteiger partial charge in [0, 0.05) is 6.54 Å². The van der Waals surface area contributed by atoms with Crippen molar-refractivity contribution in [3.05, 3.63) is 29.3 Å². The summed E-state index contributed by atoms with van der Waals surface area (Å²) in [5, 5.41) is 5.31. The largest absolute Gasteiger partial charge is 0.497 e. The molecule has 0 radical (unpaired) electrons. The van der Waals surface area contributed by atoms with Gasteiger partial charge in [0.05, 0.1) is 13.2 Å². The molecule has 1 aromatic carbocycles. The number of halogens is 1. The number of carbonyl (C=O) groups is 1. The van der Waals surface area contributed by atoms with Gasteiger partial charge in [0.15, 0.2) is 0 Å². The second-order valence-electron chi connectivity index (χ2n) is 4.25. The van der Waals surface area contributed by atoms with Crippen molar-refractivity contribution in [2.24, 2.45) is 0 Å². The Bertz CT molecular complexity index is 437. The molecule has 0 saturated heterocycles. The average Bonchev–Trinajstić information content (AvgIpc) is 2.78. The fourth-order valence-electron chi connectivity index (χ4n) is 2.24. The molecule has 98 valence electrons. The van der Waals surface area contributed by atoms with Crippen molar-refractivity contribution in [3.63, 3.8) is 0 Å². The highest BCUT2D eigenvalue weighted by Crippen LogP contribution is 2.33. The van der Waals surface area contributed by atoms with E-state index in [9.17, 15) is 9.18 Å². The number of benzene rings is 1. The Labute approximate surface area is 106 Å². The van der Waals surface area contributed by atoms with Crippen LogP contribution in [0.2, 0.25) is 0 Å². The van der Waals surface area contributed by atoms with Crippen LogP contribution in [0.5, 0.6) is 5.75 Å². The standard InChI is InChI=1S/C13H17FN2O2/c1-18-10-3-4-11-9(8-10)2-5-12(11)16-13(17)15-7-6-14/h3-4,8,12H,2,5-7H2,1H3,(H2,15,16,17). The van der Waals surface area contributed by atoms with Crippen LogP contribution in [-0.2, 0) is 6.42 Å². The maximum absolute atomic E-state index is 11.9. The molecule has 0 aromatic heterocycles. The zero-order valence-corrected chi connectivity index (χ0v) is 10.3. The number of aryl methyl sites for hydroxylation is 1. The first-order valence-corrected chi connectivity index (χ1v) is 6.01. The SMILES string of the molecule is COc1ccc2c(c1)CCC2NC(=O)NCCF. The molecular weight excluding hydrogens is 235 g/mol. The molecule has 0 spiro atoms. The molecule has 2 rings (SSSR count). The lowest BCUT2D eigenvalue weighted by Gasteiger charge is -2.14. The van der Waals surface area contributed by atoms with E-state index in [0.29, 0.717) is 0 Å². The normalized spacial score (nSPS) is 17.1. The van der Waals surface area contributed by atoms with Gasteiger partial charge in [-0.1, -0.05) is 6.07 Å². The Balaban J connectivity index is 2.01. The summed E-state index contributed by atoms with van der Waals surface area (Å²) in [5.74, 6) is 0.830. The molecule has 5 heteroatoms. The number of hydrogen-bond acceptors (Lipinski definition) is 2. The quantitative estimate of drug-likeness (QED) is 0.860. The number of rotatable bonds is 4.